The summed E-state index contributed by atoms with van der Waals surface area (Å²) in [6, 6.07) is 1.30. The number of aliphatic hydroxyl groups is 2. The van der Waals surface area contributed by atoms with Crippen molar-refractivity contribution in [3.05, 3.63) is 0 Å². The van der Waals surface area contributed by atoms with Gasteiger partial charge in [0, 0.05) is 26.1 Å². The summed E-state index contributed by atoms with van der Waals surface area (Å²) in [6.45, 7) is 12.5. The number of rotatable bonds is 14. The molecule has 0 saturated carbocycles. The maximum atomic E-state index is 12.0. The number of hydrogen-bond acceptors (Lipinski definition) is 7. The van der Waals surface area contributed by atoms with Gasteiger partial charge in [0.25, 0.3) is 0 Å². The monoisotopic (exact) mass is 422 g/mol. The molecule has 9 heteroatoms. The number of carbonyl (C=O) groups excluding carboxylic acids is 2. The lowest BCUT2D eigenvalue weighted by Crippen LogP contribution is -2.47. The summed E-state index contributed by atoms with van der Waals surface area (Å²) in [7, 11) is -4.24. The average Bonchev–Trinajstić information content (AvgIpc) is 2.52. The summed E-state index contributed by atoms with van der Waals surface area (Å²) in [5.74, 6) is -1.02. The van der Waals surface area contributed by atoms with Crippen LogP contribution in [0.5, 0.6) is 0 Å². The van der Waals surface area contributed by atoms with Crippen LogP contribution >= 0.6 is 0 Å². The van der Waals surface area contributed by atoms with E-state index in [9.17, 15) is 9.59 Å². The molecule has 0 aliphatic rings. The molecule has 0 saturated heterocycles. The van der Waals surface area contributed by atoms with Gasteiger partial charge in [-0.2, -0.15) is 0 Å². The number of hydrogen-bond donors (Lipinski definition) is 2. The van der Waals surface area contributed by atoms with Crippen LogP contribution in [-0.4, -0.2) is 65.2 Å². The van der Waals surface area contributed by atoms with Crippen LogP contribution in [0.1, 0.15) is 26.7 Å². The zero-order chi connectivity index (χ0) is 21.1. The quantitative estimate of drug-likeness (QED) is 0.252. The first-order valence-electron chi connectivity index (χ1n) is 9.69. The van der Waals surface area contributed by atoms with Crippen LogP contribution < -0.4 is 0 Å². The maximum Gasteiger partial charge on any atom is 0.308 e. The van der Waals surface area contributed by atoms with Crippen molar-refractivity contribution in [3.63, 3.8) is 0 Å². The van der Waals surface area contributed by atoms with Crippen LogP contribution in [-0.2, 0) is 23.2 Å². The number of esters is 2. The molecule has 160 valence electrons. The highest BCUT2D eigenvalue weighted by Crippen LogP contribution is 2.28. The van der Waals surface area contributed by atoms with Crippen molar-refractivity contribution in [3.8, 4) is 0 Å². The molecule has 2 atom stereocenters. The Balaban J connectivity index is 4.57. The molecule has 0 heterocycles. The maximum absolute atomic E-state index is 12.0. The van der Waals surface area contributed by atoms with Gasteiger partial charge < -0.3 is 23.8 Å². The summed E-state index contributed by atoms with van der Waals surface area (Å²) < 4.78 is 16.8. The molecule has 0 rings (SSSR count). The van der Waals surface area contributed by atoms with Crippen molar-refractivity contribution in [2.45, 2.75) is 65.0 Å². The average molecular weight is 423 g/mol. The van der Waals surface area contributed by atoms with E-state index < -0.39 is 16.6 Å². The van der Waals surface area contributed by atoms with E-state index in [1.807, 2.05) is 13.8 Å². The van der Waals surface area contributed by atoms with Crippen LogP contribution in [0.4, 0.5) is 0 Å². The highest BCUT2D eigenvalue weighted by atomic mass is 28.4. The van der Waals surface area contributed by atoms with E-state index in [4.69, 9.17) is 23.8 Å². The Morgan fingerprint density at radius 3 is 1.41 bits per heavy atom. The van der Waals surface area contributed by atoms with Crippen molar-refractivity contribution in [1.29, 1.82) is 0 Å². The van der Waals surface area contributed by atoms with Gasteiger partial charge in [0.1, 0.15) is 0 Å². The fourth-order valence-corrected chi connectivity index (χ4v) is 13.2. The molecule has 0 amide bonds. The molecule has 0 aromatic heterocycles. The summed E-state index contributed by atoms with van der Waals surface area (Å²) in [5.41, 5.74) is 0. The lowest BCUT2D eigenvalue weighted by molar-refractivity contribution is -0.148. The molecular weight excluding hydrogens is 384 g/mol. The Morgan fingerprint density at radius 1 is 0.778 bits per heavy atom. The second kappa shape index (κ2) is 12.7. The van der Waals surface area contributed by atoms with Crippen LogP contribution in [0.15, 0.2) is 0 Å². The highest BCUT2D eigenvalue weighted by molar-refractivity contribution is 6.85. The van der Waals surface area contributed by atoms with Gasteiger partial charge in [0.2, 0.25) is 0 Å². The standard InChI is InChI=1S/C18H38O7Si2/c1-15(17(21)23-11-7-9-19)13-26(3,4)25-27(5,6)14-16(2)18(22)24-12-8-10-20/h15-16,19-20H,7-14H2,1-6H3. The van der Waals surface area contributed by atoms with Crippen LogP contribution in [0.2, 0.25) is 38.3 Å². The number of aliphatic hydroxyl groups excluding tert-OH is 2. The second-order valence-electron chi connectivity index (χ2n) is 8.32. The predicted molar refractivity (Wildman–Crippen MR) is 109 cm³/mol. The van der Waals surface area contributed by atoms with Crippen molar-refractivity contribution in [2.24, 2.45) is 11.8 Å². The Labute approximate surface area is 165 Å². The van der Waals surface area contributed by atoms with Gasteiger partial charge in [-0.25, -0.2) is 0 Å². The molecule has 27 heavy (non-hydrogen) atoms. The largest absolute Gasteiger partial charge is 0.465 e. The van der Waals surface area contributed by atoms with Gasteiger partial charge >= 0.3 is 11.9 Å². The minimum absolute atomic E-state index is 0.00538. The Morgan fingerprint density at radius 2 is 1.11 bits per heavy atom. The third-order valence-corrected chi connectivity index (χ3v) is 11.7. The predicted octanol–water partition coefficient (Wildman–Crippen LogP) is 2.54. The minimum atomic E-state index is -2.12. The van der Waals surface area contributed by atoms with Gasteiger partial charge in [-0.15, -0.1) is 0 Å². The third-order valence-electron chi connectivity index (χ3n) is 4.05. The minimum Gasteiger partial charge on any atom is -0.465 e. The van der Waals surface area contributed by atoms with Crippen LogP contribution in [0, 0.1) is 11.8 Å². The van der Waals surface area contributed by atoms with E-state index in [2.05, 4.69) is 26.2 Å². The zero-order valence-corrected chi connectivity index (χ0v) is 19.7. The molecule has 0 bridgehead atoms. The van der Waals surface area contributed by atoms with E-state index in [-0.39, 0.29) is 50.2 Å². The number of ether oxygens (including phenoxy) is 2. The SMILES string of the molecule is CC(C[Si](C)(C)O[Si](C)(C)CC(C)C(=O)OCCCO)C(=O)OCCCO. The highest BCUT2D eigenvalue weighted by Gasteiger charge is 2.37. The van der Waals surface area contributed by atoms with E-state index in [0.29, 0.717) is 24.9 Å². The van der Waals surface area contributed by atoms with Gasteiger partial charge in [0.15, 0.2) is 16.6 Å². The molecule has 0 spiro atoms. The topological polar surface area (TPSA) is 102 Å². The van der Waals surface area contributed by atoms with E-state index in [0.717, 1.165) is 0 Å². The molecule has 0 aromatic carbocycles. The molecule has 0 fully saturated rings. The summed E-state index contributed by atoms with van der Waals surface area (Å²) in [5, 5.41) is 17.5. The molecule has 0 aromatic rings. The Bertz CT molecular complexity index is 415. The third kappa shape index (κ3) is 12.3. The molecule has 0 aliphatic carbocycles. The van der Waals surface area contributed by atoms with Crippen molar-refractivity contribution in [2.75, 3.05) is 26.4 Å². The Hall–Kier alpha value is -0.746. The van der Waals surface area contributed by atoms with E-state index in [1.165, 1.54) is 0 Å². The van der Waals surface area contributed by atoms with Crippen molar-refractivity contribution >= 4 is 28.6 Å². The fourth-order valence-electron chi connectivity index (χ4n) is 3.23. The van der Waals surface area contributed by atoms with Gasteiger partial charge in [0.05, 0.1) is 25.0 Å². The first kappa shape index (κ1) is 26.3. The first-order valence-corrected chi connectivity index (χ1v) is 15.9. The number of carbonyl (C=O) groups is 2. The van der Waals surface area contributed by atoms with Gasteiger partial charge in [-0.05, 0) is 38.3 Å². The van der Waals surface area contributed by atoms with Gasteiger partial charge in [-0.3, -0.25) is 9.59 Å². The molecule has 0 radical (unpaired) electrons. The lowest BCUT2D eigenvalue weighted by Gasteiger charge is -2.36. The molecular formula is C18H38O7Si2. The zero-order valence-electron chi connectivity index (χ0n) is 17.7. The van der Waals surface area contributed by atoms with Crippen LogP contribution in [0.25, 0.3) is 0 Å². The molecule has 2 unspecified atom stereocenters. The summed E-state index contributed by atoms with van der Waals surface area (Å²) in [4.78, 5) is 24.1. The normalized spacial score (nSPS) is 14.5. The summed E-state index contributed by atoms with van der Waals surface area (Å²) in [6.07, 6.45) is 0.893. The van der Waals surface area contributed by atoms with E-state index in [1.54, 1.807) is 0 Å². The smallest absolute Gasteiger partial charge is 0.308 e. The van der Waals surface area contributed by atoms with Crippen molar-refractivity contribution in [1.82, 2.24) is 0 Å². The van der Waals surface area contributed by atoms with Crippen molar-refractivity contribution < 1.29 is 33.4 Å². The lowest BCUT2D eigenvalue weighted by atomic mass is 10.2. The van der Waals surface area contributed by atoms with Gasteiger partial charge in [-0.1, -0.05) is 13.8 Å². The molecule has 0 aliphatic heterocycles. The molecule has 7 nitrogen and oxygen atoms in total. The van der Waals surface area contributed by atoms with Crippen LogP contribution in [0.3, 0.4) is 0 Å². The Kier molecular flexibility index (Phi) is 12.3. The fraction of sp³-hybridized carbons (Fsp3) is 0.889. The molecule has 2 N–H and O–H groups in total. The first-order chi connectivity index (χ1) is 12.4. The second-order valence-corrected chi connectivity index (χ2v) is 17.0. The van der Waals surface area contributed by atoms with E-state index >= 15 is 0 Å². The summed E-state index contributed by atoms with van der Waals surface area (Å²) >= 11 is 0.